The maximum Gasteiger partial charge on any atom is 0.306 e. The van der Waals surface area contributed by atoms with Crippen molar-refractivity contribution >= 4 is 17.7 Å². The van der Waals surface area contributed by atoms with E-state index < -0.39 is 6.10 Å². The Morgan fingerprint density at radius 2 is 1.11 bits per heavy atom. The summed E-state index contributed by atoms with van der Waals surface area (Å²) >= 11 is 0. The highest BCUT2D eigenvalue weighted by Crippen LogP contribution is 2.21. The molecule has 1 unspecified atom stereocenters. The van der Waals surface area contributed by atoms with Crippen LogP contribution in [-0.2, 0) is 23.9 Å². The number of nitrogens with one attached hydrogen (secondary N) is 2. The lowest BCUT2D eigenvalue weighted by atomic mass is 9.95. The molecule has 9 heteroatoms. The molecule has 0 amide bonds. The second kappa shape index (κ2) is 36.0. The molecule has 0 fully saturated rings. The summed E-state index contributed by atoms with van der Waals surface area (Å²) in [6, 6.07) is 0. The molecule has 1 rings (SSSR count). The molecular formula is C47H89N3O6. The maximum absolute atomic E-state index is 12.7. The lowest BCUT2D eigenvalue weighted by molar-refractivity contribution is -0.150. The minimum Gasteiger partial charge on any atom is -0.465 e. The van der Waals surface area contributed by atoms with Crippen LogP contribution in [0, 0.1) is 5.92 Å². The standard InChI is InChI=1S/C47H89N3O6/c1-6-10-14-22-31-41(32-23-15-11-7-2)56-43(52)34-25-19-17-21-27-37-50(38-28-35-49-45-44(48-5)46(53)47(45)54)36-26-20-16-18-24-33-42(51)55-39-40(29-12-8-3)30-13-9-4/h40-41,47-49,54H,6-39H2,1-5H3. The van der Waals surface area contributed by atoms with E-state index in [-0.39, 0.29) is 23.8 Å². The van der Waals surface area contributed by atoms with E-state index >= 15 is 0 Å². The maximum atomic E-state index is 12.7. The minimum absolute atomic E-state index is 0.00848. The van der Waals surface area contributed by atoms with Gasteiger partial charge in [0.05, 0.1) is 12.3 Å². The average molecular weight is 792 g/mol. The Morgan fingerprint density at radius 1 is 0.625 bits per heavy atom. The number of nitrogens with zero attached hydrogens (tertiary/aromatic N) is 1. The summed E-state index contributed by atoms with van der Waals surface area (Å²) in [4.78, 5) is 39.5. The van der Waals surface area contributed by atoms with Gasteiger partial charge in [-0.15, -0.1) is 0 Å². The van der Waals surface area contributed by atoms with Crippen molar-refractivity contribution in [1.82, 2.24) is 15.5 Å². The van der Waals surface area contributed by atoms with Gasteiger partial charge in [-0.2, -0.15) is 0 Å². The van der Waals surface area contributed by atoms with E-state index in [1.165, 1.54) is 64.2 Å². The molecule has 0 spiro atoms. The zero-order chi connectivity index (χ0) is 41.1. The highest BCUT2D eigenvalue weighted by molar-refractivity contribution is 6.07. The van der Waals surface area contributed by atoms with Gasteiger partial charge < -0.3 is 30.1 Å². The van der Waals surface area contributed by atoms with Crippen LogP contribution in [0.1, 0.15) is 214 Å². The van der Waals surface area contributed by atoms with E-state index in [0.29, 0.717) is 43.3 Å². The minimum atomic E-state index is -1.03. The zero-order valence-corrected chi connectivity index (χ0v) is 37.2. The summed E-state index contributed by atoms with van der Waals surface area (Å²) in [6.07, 6.45) is 30.7. The fourth-order valence-electron chi connectivity index (χ4n) is 7.72. The van der Waals surface area contributed by atoms with Crippen molar-refractivity contribution in [2.24, 2.45) is 5.92 Å². The van der Waals surface area contributed by atoms with Crippen LogP contribution in [0.4, 0.5) is 0 Å². The SMILES string of the molecule is CCCCCCC(CCCCCC)OC(=O)CCCCCCCN(CCCCCCCC(=O)OCC(CCCC)CCCC)CCCNC1=C(NC)C(=O)C1O. The molecule has 1 aliphatic rings. The molecule has 0 aliphatic heterocycles. The van der Waals surface area contributed by atoms with Crippen molar-refractivity contribution in [2.45, 2.75) is 226 Å². The Kier molecular flexibility index (Phi) is 33.3. The molecule has 0 bridgehead atoms. The number of ketones is 1. The number of aliphatic hydroxyl groups excluding tert-OH is 1. The van der Waals surface area contributed by atoms with Gasteiger partial charge in [0, 0.05) is 26.4 Å². The Labute approximate surface area is 344 Å². The first-order valence-corrected chi connectivity index (χ1v) is 23.8. The van der Waals surface area contributed by atoms with E-state index in [0.717, 1.165) is 129 Å². The number of hydrogen-bond donors (Lipinski definition) is 3. The summed E-state index contributed by atoms with van der Waals surface area (Å²) in [6.45, 7) is 13.3. The quantitative estimate of drug-likeness (QED) is 0.0411. The van der Waals surface area contributed by atoms with Gasteiger partial charge in [0.2, 0.25) is 5.78 Å². The van der Waals surface area contributed by atoms with Crippen LogP contribution < -0.4 is 10.6 Å². The predicted molar refractivity (Wildman–Crippen MR) is 232 cm³/mol. The molecule has 0 saturated carbocycles. The Hall–Kier alpha value is -2.13. The topological polar surface area (TPSA) is 117 Å². The molecule has 0 aromatic heterocycles. The van der Waals surface area contributed by atoms with Gasteiger partial charge in [0.15, 0.2) is 6.10 Å². The first kappa shape index (κ1) is 51.9. The van der Waals surface area contributed by atoms with Crippen molar-refractivity contribution in [2.75, 3.05) is 39.8 Å². The predicted octanol–water partition coefficient (Wildman–Crippen LogP) is 10.7. The average Bonchev–Trinajstić information content (AvgIpc) is 3.20. The number of rotatable bonds is 41. The molecule has 9 nitrogen and oxygen atoms in total. The fraction of sp³-hybridized carbons (Fsp3) is 0.894. The van der Waals surface area contributed by atoms with E-state index in [1.807, 2.05) is 0 Å². The molecular weight excluding hydrogens is 703 g/mol. The number of hydrogen-bond acceptors (Lipinski definition) is 9. The van der Waals surface area contributed by atoms with E-state index in [4.69, 9.17) is 9.47 Å². The summed E-state index contributed by atoms with van der Waals surface area (Å²) in [5.41, 5.74) is 1.10. The summed E-state index contributed by atoms with van der Waals surface area (Å²) in [7, 11) is 1.71. The summed E-state index contributed by atoms with van der Waals surface area (Å²) in [5, 5.41) is 16.2. The molecule has 328 valence electrons. The van der Waals surface area contributed by atoms with Crippen LogP contribution in [0.15, 0.2) is 11.4 Å². The summed E-state index contributed by atoms with van der Waals surface area (Å²) < 4.78 is 11.6. The molecule has 3 N–H and O–H groups in total. The van der Waals surface area contributed by atoms with Crippen molar-refractivity contribution in [1.29, 1.82) is 0 Å². The molecule has 0 radical (unpaired) electrons. The van der Waals surface area contributed by atoms with Crippen molar-refractivity contribution in [3.63, 3.8) is 0 Å². The Bertz CT molecular complexity index is 1000. The van der Waals surface area contributed by atoms with Crippen LogP contribution in [0.3, 0.4) is 0 Å². The number of aliphatic hydroxyl groups is 1. The smallest absolute Gasteiger partial charge is 0.306 e. The van der Waals surface area contributed by atoms with Crippen LogP contribution in [-0.4, -0.2) is 79.8 Å². The number of carbonyl (C=O) groups is 3. The third-order valence-corrected chi connectivity index (χ3v) is 11.4. The third kappa shape index (κ3) is 26.0. The van der Waals surface area contributed by atoms with Crippen LogP contribution >= 0.6 is 0 Å². The second-order valence-corrected chi connectivity index (χ2v) is 16.6. The molecule has 1 atom stereocenters. The number of carbonyl (C=O) groups excluding carboxylic acids is 3. The first-order valence-electron chi connectivity index (χ1n) is 23.8. The van der Waals surface area contributed by atoms with Crippen molar-refractivity contribution < 1.29 is 29.0 Å². The van der Waals surface area contributed by atoms with Gasteiger partial charge in [-0.1, -0.05) is 130 Å². The largest absolute Gasteiger partial charge is 0.465 e. The van der Waals surface area contributed by atoms with Crippen LogP contribution in [0.25, 0.3) is 0 Å². The van der Waals surface area contributed by atoms with Crippen LogP contribution in [0.5, 0.6) is 0 Å². The summed E-state index contributed by atoms with van der Waals surface area (Å²) in [5.74, 6) is 0.224. The van der Waals surface area contributed by atoms with E-state index in [2.05, 4.69) is 43.2 Å². The molecule has 0 heterocycles. The molecule has 1 aliphatic carbocycles. The fourth-order valence-corrected chi connectivity index (χ4v) is 7.72. The highest BCUT2D eigenvalue weighted by atomic mass is 16.5. The van der Waals surface area contributed by atoms with Gasteiger partial charge in [0.25, 0.3) is 0 Å². The molecule has 0 aromatic rings. The number of esters is 2. The number of likely N-dealkylation sites (N-methyl/N-ethyl adjacent to an activating group) is 1. The lowest BCUT2D eigenvalue weighted by Crippen LogP contribution is -2.47. The first-order chi connectivity index (χ1) is 27.3. The molecule has 0 aromatic carbocycles. The number of unbranched alkanes of at least 4 members (excludes halogenated alkanes) is 16. The second-order valence-electron chi connectivity index (χ2n) is 16.6. The van der Waals surface area contributed by atoms with Crippen molar-refractivity contribution in [3.8, 4) is 0 Å². The molecule has 56 heavy (non-hydrogen) atoms. The normalized spacial score (nSPS) is 14.2. The monoisotopic (exact) mass is 792 g/mol. The highest BCUT2D eigenvalue weighted by Gasteiger charge is 2.37. The van der Waals surface area contributed by atoms with E-state index in [9.17, 15) is 19.5 Å². The Balaban J connectivity index is 2.39. The molecule has 0 saturated heterocycles. The van der Waals surface area contributed by atoms with Gasteiger partial charge in [0.1, 0.15) is 11.8 Å². The Morgan fingerprint density at radius 3 is 1.64 bits per heavy atom. The van der Waals surface area contributed by atoms with Gasteiger partial charge in [-0.25, -0.2) is 0 Å². The van der Waals surface area contributed by atoms with Gasteiger partial charge >= 0.3 is 11.9 Å². The number of ether oxygens (including phenoxy) is 2. The third-order valence-electron chi connectivity index (χ3n) is 11.4. The van der Waals surface area contributed by atoms with Crippen molar-refractivity contribution in [3.05, 3.63) is 11.4 Å². The van der Waals surface area contributed by atoms with E-state index in [1.54, 1.807) is 7.05 Å². The van der Waals surface area contributed by atoms with Gasteiger partial charge in [-0.3, -0.25) is 14.4 Å². The lowest BCUT2D eigenvalue weighted by Gasteiger charge is -2.29. The number of Topliss-reactive ketones (excluding diaryl/α,β-unsaturated/α-hetero) is 1. The van der Waals surface area contributed by atoms with Gasteiger partial charge in [-0.05, 0) is 96.2 Å². The zero-order valence-electron chi connectivity index (χ0n) is 37.2. The van der Waals surface area contributed by atoms with Crippen LogP contribution in [0.2, 0.25) is 0 Å².